The van der Waals surface area contributed by atoms with Gasteiger partial charge >= 0.3 is 0 Å². The maximum atomic E-state index is 15.9. The van der Waals surface area contributed by atoms with Crippen molar-refractivity contribution >= 4 is 34.9 Å². The van der Waals surface area contributed by atoms with Crippen LogP contribution in [-0.4, -0.2) is 21.6 Å². The molecule has 0 aliphatic carbocycles. The maximum Gasteiger partial charge on any atom is 0.170 e. The lowest BCUT2D eigenvalue weighted by molar-refractivity contribution is 0.319. The van der Waals surface area contributed by atoms with Crippen LogP contribution in [0.25, 0.3) is 22.0 Å². The van der Waals surface area contributed by atoms with Gasteiger partial charge in [0.15, 0.2) is 11.6 Å². The number of nitrogens with one attached hydrogen (secondary N) is 2. The Kier molecular flexibility index (Phi) is 7.01. The van der Waals surface area contributed by atoms with Crippen molar-refractivity contribution in [2.45, 2.75) is 31.2 Å². The fourth-order valence-electron chi connectivity index (χ4n) is 4.43. The highest BCUT2D eigenvalue weighted by molar-refractivity contribution is 7.80. The Morgan fingerprint density at radius 3 is 2.70 bits per heavy atom. The van der Waals surface area contributed by atoms with Crippen molar-refractivity contribution < 1.29 is 9.13 Å². The van der Waals surface area contributed by atoms with E-state index in [0.717, 1.165) is 44.6 Å². The summed E-state index contributed by atoms with van der Waals surface area (Å²) in [6.45, 7) is 4.24. The average molecular weight is 514 g/mol. The number of pyridine rings is 1. The van der Waals surface area contributed by atoms with E-state index in [4.69, 9.17) is 10.5 Å². The van der Waals surface area contributed by atoms with Crippen LogP contribution in [0.2, 0.25) is 0 Å². The first kappa shape index (κ1) is 24.6. The van der Waals surface area contributed by atoms with Crippen molar-refractivity contribution in [3.05, 3.63) is 95.8 Å². The van der Waals surface area contributed by atoms with E-state index in [2.05, 4.69) is 32.9 Å². The minimum Gasteiger partial charge on any atom is -0.491 e. The Morgan fingerprint density at radius 1 is 1.08 bits per heavy atom. The molecular weight excluding hydrogens is 485 g/mol. The number of thiol groups is 1. The van der Waals surface area contributed by atoms with Gasteiger partial charge < -0.3 is 20.8 Å². The molecule has 0 saturated heterocycles. The highest BCUT2D eigenvalue weighted by Gasteiger charge is 2.25. The Hall–Kier alpha value is -4.04. The molecular formula is C29H28FN5OS. The summed E-state index contributed by atoms with van der Waals surface area (Å²) >= 11 is 4.59. The quantitative estimate of drug-likeness (QED) is 0.171. The zero-order chi connectivity index (χ0) is 25.9. The lowest BCUT2D eigenvalue weighted by Gasteiger charge is -2.22. The van der Waals surface area contributed by atoms with Gasteiger partial charge in [0.2, 0.25) is 0 Å². The van der Waals surface area contributed by atoms with Gasteiger partial charge in [-0.3, -0.25) is 0 Å². The van der Waals surface area contributed by atoms with Crippen LogP contribution in [0.15, 0.2) is 78.0 Å². The lowest BCUT2D eigenvalue weighted by Crippen LogP contribution is -2.17. The molecule has 0 fully saturated rings. The number of halogens is 1. The molecule has 1 atom stereocenters. The second kappa shape index (κ2) is 10.5. The molecule has 0 spiro atoms. The van der Waals surface area contributed by atoms with E-state index in [9.17, 15) is 0 Å². The summed E-state index contributed by atoms with van der Waals surface area (Å²) in [4.78, 5) is 13.0. The number of aromatic amines is 1. The Morgan fingerprint density at radius 2 is 1.92 bits per heavy atom. The highest BCUT2D eigenvalue weighted by Crippen LogP contribution is 2.35. The molecule has 0 aliphatic rings. The number of hydrogen-bond donors (Lipinski definition) is 4. The number of hydrogen-bond acceptors (Lipinski definition) is 6. The van der Waals surface area contributed by atoms with E-state index in [0.29, 0.717) is 23.8 Å². The molecule has 0 amide bonds. The molecule has 37 heavy (non-hydrogen) atoms. The molecule has 3 aromatic carbocycles. The van der Waals surface area contributed by atoms with E-state index in [1.165, 1.54) is 0 Å². The van der Waals surface area contributed by atoms with Gasteiger partial charge in [0.25, 0.3) is 0 Å². The average Bonchev–Trinajstić information content (AvgIpc) is 3.39. The van der Waals surface area contributed by atoms with Crippen molar-refractivity contribution in [3.63, 3.8) is 0 Å². The van der Waals surface area contributed by atoms with Crippen molar-refractivity contribution in [2.24, 2.45) is 0 Å². The van der Waals surface area contributed by atoms with Gasteiger partial charge in [-0.2, -0.15) is 0 Å². The topological polar surface area (TPSA) is 88.8 Å². The standard InChI is InChI=1S/C29H28FN5OS/c1-3-17-13-22(26(30)24(14-17)36-4-2)27(29-33-16-23(35-29)21-7-5-6-8-25(21)37)34-19-9-10-20-18(15-19)11-12-32-28(20)31/h5-16,27,34,37H,3-4H2,1-2H3,(H2,31,32)(H,33,35). The molecule has 0 bridgehead atoms. The van der Waals surface area contributed by atoms with E-state index in [-0.39, 0.29) is 5.75 Å². The summed E-state index contributed by atoms with van der Waals surface area (Å²) in [5.74, 6) is 0.840. The Bertz CT molecular complexity index is 1570. The summed E-state index contributed by atoms with van der Waals surface area (Å²) in [7, 11) is 0. The number of nitrogens with two attached hydrogens (primary N) is 1. The zero-order valence-electron chi connectivity index (χ0n) is 20.6. The Labute approximate surface area is 220 Å². The normalized spacial score (nSPS) is 12.0. The molecule has 6 nitrogen and oxygen atoms in total. The minimum absolute atomic E-state index is 0.230. The molecule has 5 aromatic rings. The van der Waals surface area contributed by atoms with Gasteiger partial charge in [0, 0.05) is 33.3 Å². The van der Waals surface area contributed by atoms with Crippen molar-refractivity contribution in [2.75, 3.05) is 17.7 Å². The molecule has 4 N–H and O–H groups in total. The number of benzene rings is 3. The second-order valence-electron chi connectivity index (χ2n) is 8.69. The van der Waals surface area contributed by atoms with Crippen LogP contribution < -0.4 is 15.8 Å². The number of anilines is 2. The number of aryl methyl sites for hydroxylation is 1. The number of fused-ring (bicyclic) bond motifs is 1. The monoisotopic (exact) mass is 513 g/mol. The van der Waals surface area contributed by atoms with E-state index in [1.54, 1.807) is 18.5 Å². The van der Waals surface area contributed by atoms with Gasteiger partial charge in [-0.15, -0.1) is 12.6 Å². The first-order valence-electron chi connectivity index (χ1n) is 12.2. The van der Waals surface area contributed by atoms with Crippen LogP contribution in [0.1, 0.15) is 36.8 Å². The number of aromatic nitrogens is 3. The SMILES string of the molecule is CCOc1cc(CC)cc(C(Nc2ccc3c(N)nccc3c2)c2ncc(-c3ccccc3S)[nH]2)c1F. The van der Waals surface area contributed by atoms with Gasteiger partial charge in [-0.05, 0) is 60.7 Å². The third kappa shape index (κ3) is 4.97. The van der Waals surface area contributed by atoms with Crippen LogP contribution in [0, 0.1) is 5.82 Å². The minimum atomic E-state index is -0.622. The van der Waals surface area contributed by atoms with E-state index >= 15 is 4.39 Å². The lowest BCUT2D eigenvalue weighted by atomic mass is 9.99. The molecule has 2 heterocycles. The molecule has 188 valence electrons. The summed E-state index contributed by atoms with van der Waals surface area (Å²) < 4.78 is 21.5. The number of H-pyrrole nitrogens is 1. The summed E-state index contributed by atoms with van der Waals surface area (Å²) in [6.07, 6.45) is 4.15. The second-order valence-corrected chi connectivity index (χ2v) is 9.17. The van der Waals surface area contributed by atoms with Crippen LogP contribution >= 0.6 is 12.6 Å². The molecule has 1 unspecified atom stereocenters. The van der Waals surface area contributed by atoms with Crippen LogP contribution in [0.3, 0.4) is 0 Å². The van der Waals surface area contributed by atoms with E-state index < -0.39 is 11.9 Å². The third-order valence-corrected chi connectivity index (χ3v) is 6.71. The number of nitrogen functional groups attached to an aromatic ring is 1. The van der Waals surface area contributed by atoms with E-state index in [1.807, 2.05) is 68.4 Å². The molecule has 0 radical (unpaired) electrons. The van der Waals surface area contributed by atoms with Crippen molar-refractivity contribution in [3.8, 4) is 17.0 Å². The van der Waals surface area contributed by atoms with Gasteiger partial charge in [0.05, 0.1) is 18.5 Å². The summed E-state index contributed by atoms with van der Waals surface area (Å²) in [5.41, 5.74) is 9.94. The first-order valence-corrected chi connectivity index (χ1v) is 12.6. The predicted molar refractivity (Wildman–Crippen MR) is 150 cm³/mol. The highest BCUT2D eigenvalue weighted by atomic mass is 32.1. The number of nitrogens with zero attached hydrogens (tertiary/aromatic N) is 2. The largest absolute Gasteiger partial charge is 0.491 e. The van der Waals surface area contributed by atoms with Crippen LogP contribution in [0.5, 0.6) is 5.75 Å². The molecule has 5 rings (SSSR count). The fraction of sp³-hybridized carbons (Fsp3) is 0.172. The molecule has 2 aromatic heterocycles. The van der Waals surface area contributed by atoms with Gasteiger partial charge in [0.1, 0.15) is 17.7 Å². The first-order chi connectivity index (χ1) is 18.0. The third-order valence-electron chi connectivity index (χ3n) is 6.32. The van der Waals surface area contributed by atoms with Crippen LogP contribution in [-0.2, 0) is 6.42 Å². The molecule has 0 saturated carbocycles. The smallest absolute Gasteiger partial charge is 0.170 e. The fourth-order valence-corrected chi connectivity index (χ4v) is 4.71. The van der Waals surface area contributed by atoms with Crippen molar-refractivity contribution in [1.29, 1.82) is 0 Å². The maximum absolute atomic E-state index is 15.9. The predicted octanol–water partition coefficient (Wildman–Crippen LogP) is 6.80. The molecule has 8 heteroatoms. The number of imidazole rings is 1. The summed E-state index contributed by atoms with van der Waals surface area (Å²) in [6, 6.07) is 18.4. The zero-order valence-corrected chi connectivity index (χ0v) is 21.5. The summed E-state index contributed by atoms with van der Waals surface area (Å²) in [5, 5.41) is 5.28. The Balaban J connectivity index is 1.63. The van der Waals surface area contributed by atoms with Gasteiger partial charge in [-0.25, -0.2) is 14.4 Å². The van der Waals surface area contributed by atoms with Crippen LogP contribution in [0.4, 0.5) is 15.9 Å². The number of ether oxygens (including phenoxy) is 1. The van der Waals surface area contributed by atoms with Gasteiger partial charge in [-0.1, -0.05) is 31.2 Å². The molecule has 0 aliphatic heterocycles. The van der Waals surface area contributed by atoms with Crippen molar-refractivity contribution in [1.82, 2.24) is 15.0 Å². The number of rotatable bonds is 8.